The molecule has 0 bridgehead atoms. The van der Waals surface area contributed by atoms with Gasteiger partial charge in [-0.25, -0.2) is 0 Å². The van der Waals surface area contributed by atoms with E-state index in [1.54, 1.807) is 11.8 Å². The Morgan fingerprint density at radius 3 is 3.00 bits per heavy atom. The Labute approximate surface area is 96.3 Å². The van der Waals surface area contributed by atoms with Crippen LogP contribution in [0.5, 0.6) is 0 Å². The molecule has 1 atom stereocenters. The molecule has 84 valence electrons. The normalized spacial score (nSPS) is 24.5. The van der Waals surface area contributed by atoms with Crippen molar-refractivity contribution in [3.8, 4) is 0 Å². The van der Waals surface area contributed by atoms with E-state index in [2.05, 4.69) is 10.6 Å². The molecule has 1 aliphatic heterocycles. The summed E-state index contributed by atoms with van der Waals surface area (Å²) in [5.41, 5.74) is -0.274. The molecule has 0 aromatic heterocycles. The summed E-state index contributed by atoms with van der Waals surface area (Å²) in [6, 6.07) is 0. The van der Waals surface area contributed by atoms with Crippen LogP contribution in [0.1, 0.15) is 0 Å². The van der Waals surface area contributed by atoms with E-state index in [-0.39, 0.29) is 11.1 Å². The van der Waals surface area contributed by atoms with Gasteiger partial charge in [0.15, 0.2) is 0 Å². The average Bonchev–Trinajstić information content (AvgIpc) is 2.74. The fourth-order valence-corrected chi connectivity index (χ4v) is 2.31. The first-order valence-corrected chi connectivity index (χ1v) is 5.86. The lowest BCUT2D eigenvalue weighted by molar-refractivity contribution is -0.133. The van der Waals surface area contributed by atoms with Crippen LogP contribution in [0.4, 0.5) is 0 Å². The van der Waals surface area contributed by atoms with Crippen molar-refractivity contribution in [2.75, 3.05) is 12.3 Å². The van der Waals surface area contributed by atoms with Crippen LogP contribution in [0.25, 0.3) is 0 Å². The lowest BCUT2D eigenvalue weighted by atomic mass is 10.0. The number of allylic oxidation sites excluding steroid dienone is 3. The highest BCUT2D eigenvalue weighted by Gasteiger charge is 2.27. The molecule has 0 spiro atoms. The van der Waals surface area contributed by atoms with Gasteiger partial charge in [0.1, 0.15) is 5.50 Å². The number of thioether (sulfide) groups is 1. The number of Topliss-reactive ketones (excluding diaryl/α,β-unsaturated/α-hetero) is 1. The number of carbonyl (C=O) groups is 3. The summed E-state index contributed by atoms with van der Waals surface area (Å²) in [4.78, 5) is 34.1. The molecular weight excluding hydrogens is 228 g/mol. The van der Waals surface area contributed by atoms with Gasteiger partial charge in [-0.15, -0.1) is 11.8 Å². The van der Waals surface area contributed by atoms with Crippen molar-refractivity contribution < 1.29 is 14.4 Å². The van der Waals surface area contributed by atoms with Crippen LogP contribution in [0.2, 0.25) is 0 Å². The van der Waals surface area contributed by atoms with Crippen LogP contribution >= 0.6 is 11.8 Å². The van der Waals surface area contributed by atoms with Crippen LogP contribution in [0.15, 0.2) is 23.8 Å². The standard InChI is InChI=1S/C10H10N2O3S/c13-7-3-1-2-6(8(7)14)9(15)12-10-11-4-5-16-10/h1-3,10-11H,4-5H2,(H,12,15). The molecule has 5 nitrogen and oxygen atoms in total. The predicted octanol–water partition coefficient (Wildman–Crippen LogP) is -0.643. The zero-order chi connectivity index (χ0) is 11.5. The van der Waals surface area contributed by atoms with Gasteiger partial charge in [0.2, 0.25) is 11.6 Å². The molecule has 1 saturated heterocycles. The van der Waals surface area contributed by atoms with Gasteiger partial charge in [-0.05, 0) is 12.2 Å². The minimum Gasteiger partial charge on any atom is -0.328 e. The summed E-state index contributed by atoms with van der Waals surface area (Å²) >= 11 is 1.55. The van der Waals surface area contributed by atoms with Crippen molar-refractivity contribution in [1.29, 1.82) is 0 Å². The quantitative estimate of drug-likeness (QED) is 0.380. The highest BCUT2D eigenvalue weighted by molar-refractivity contribution is 8.00. The molecule has 2 aliphatic rings. The molecule has 1 fully saturated rings. The van der Waals surface area contributed by atoms with E-state index in [9.17, 15) is 14.4 Å². The monoisotopic (exact) mass is 238 g/mol. The summed E-state index contributed by atoms with van der Waals surface area (Å²) in [5.74, 6) is -0.992. The zero-order valence-electron chi connectivity index (χ0n) is 8.36. The van der Waals surface area contributed by atoms with Crippen molar-refractivity contribution in [2.24, 2.45) is 0 Å². The summed E-state index contributed by atoms with van der Waals surface area (Å²) in [6.45, 7) is 0.821. The fraction of sp³-hybridized carbons (Fsp3) is 0.300. The van der Waals surface area contributed by atoms with Crippen molar-refractivity contribution in [3.05, 3.63) is 23.8 Å². The minimum atomic E-state index is -0.747. The minimum absolute atomic E-state index is 0.0956. The Kier molecular flexibility index (Phi) is 3.21. The largest absolute Gasteiger partial charge is 0.328 e. The molecule has 0 radical (unpaired) electrons. The number of amides is 1. The van der Waals surface area contributed by atoms with E-state index in [4.69, 9.17) is 0 Å². The van der Waals surface area contributed by atoms with Gasteiger partial charge in [-0.3, -0.25) is 19.7 Å². The zero-order valence-corrected chi connectivity index (χ0v) is 9.17. The number of hydrogen-bond acceptors (Lipinski definition) is 5. The smallest absolute Gasteiger partial charge is 0.257 e. The molecule has 1 aliphatic carbocycles. The molecule has 2 rings (SSSR count). The molecule has 1 unspecified atom stereocenters. The molecule has 6 heteroatoms. The fourth-order valence-electron chi connectivity index (χ4n) is 1.41. The molecule has 0 aromatic rings. The maximum atomic E-state index is 11.7. The highest BCUT2D eigenvalue weighted by atomic mass is 32.2. The van der Waals surface area contributed by atoms with Crippen molar-refractivity contribution >= 4 is 29.2 Å². The van der Waals surface area contributed by atoms with Gasteiger partial charge in [-0.2, -0.15) is 0 Å². The van der Waals surface area contributed by atoms with Crippen LogP contribution < -0.4 is 10.6 Å². The first-order valence-electron chi connectivity index (χ1n) is 4.81. The average molecular weight is 238 g/mol. The number of rotatable bonds is 2. The van der Waals surface area contributed by atoms with Crippen molar-refractivity contribution in [2.45, 2.75) is 5.50 Å². The summed E-state index contributed by atoms with van der Waals surface area (Å²) < 4.78 is 0. The van der Waals surface area contributed by atoms with E-state index in [1.807, 2.05) is 0 Å². The van der Waals surface area contributed by atoms with Crippen molar-refractivity contribution in [3.63, 3.8) is 0 Å². The second-order valence-electron chi connectivity index (χ2n) is 3.31. The lowest BCUT2D eigenvalue weighted by Crippen LogP contribution is -2.42. The second kappa shape index (κ2) is 4.63. The second-order valence-corrected chi connectivity index (χ2v) is 4.52. The molecular formula is C10H10N2O3S. The Hall–Kier alpha value is -1.40. The van der Waals surface area contributed by atoms with Gasteiger partial charge >= 0.3 is 0 Å². The van der Waals surface area contributed by atoms with Gasteiger partial charge in [0.05, 0.1) is 5.57 Å². The third kappa shape index (κ3) is 2.23. The Bertz CT molecular complexity index is 408. The molecule has 16 heavy (non-hydrogen) atoms. The highest BCUT2D eigenvalue weighted by Crippen LogP contribution is 2.12. The van der Waals surface area contributed by atoms with Gasteiger partial charge in [-0.1, -0.05) is 6.08 Å². The van der Waals surface area contributed by atoms with Crippen LogP contribution in [0, 0.1) is 0 Å². The Morgan fingerprint density at radius 1 is 1.50 bits per heavy atom. The summed E-state index contributed by atoms with van der Waals surface area (Å²) in [5, 5.41) is 5.68. The van der Waals surface area contributed by atoms with E-state index >= 15 is 0 Å². The van der Waals surface area contributed by atoms with E-state index in [0.717, 1.165) is 18.4 Å². The molecule has 0 aromatic carbocycles. The van der Waals surface area contributed by atoms with E-state index in [1.165, 1.54) is 12.2 Å². The Balaban J connectivity index is 2.03. The van der Waals surface area contributed by atoms with E-state index < -0.39 is 17.5 Å². The van der Waals surface area contributed by atoms with Crippen LogP contribution in [-0.2, 0) is 14.4 Å². The van der Waals surface area contributed by atoms with Gasteiger partial charge in [0, 0.05) is 12.3 Å². The number of ketones is 2. The third-order valence-electron chi connectivity index (χ3n) is 2.20. The number of carbonyl (C=O) groups excluding carboxylic acids is 3. The Morgan fingerprint density at radius 2 is 2.31 bits per heavy atom. The maximum absolute atomic E-state index is 11.7. The van der Waals surface area contributed by atoms with Gasteiger partial charge in [0.25, 0.3) is 5.91 Å². The van der Waals surface area contributed by atoms with Gasteiger partial charge < -0.3 is 5.32 Å². The van der Waals surface area contributed by atoms with E-state index in [0.29, 0.717) is 0 Å². The van der Waals surface area contributed by atoms with Crippen LogP contribution in [-0.4, -0.2) is 35.3 Å². The number of hydrogen-bond donors (Lipinski definition) is 2. The first kappa shape index (κ1) is 11.1. The van der Waals surface area contributed by atoms with Crippen molar-refractivity contribution in [1.82, 2.24) is 10.6 Å². The third-order valence-corrected chi connectivity index (χ3v) is 3.26. The molecule has 1 amide bonds. The number of nitrogens with one attached hydrogen (secondary N) is 2. The van der Waals surface area contributed by atoms with Crippen LogP contribution in [0.3, 0.4) is 0 Å². The topological polar surface area (TPSA) is 75.3 Å². The maximum Gasteiger partial charge on any atom is 0.257 e. The summed E-state index contributed by atoms with van der Waals surface area (Å²) in [6.07, 6.45) is 3.92. The molecule has 0 saturated carbocycles. The predicted molar refractivity (Wildman–Crippen MR) is 59.6 cm³/mol. The SMILES string of the molecule is O=C1C=CC=C(C(=O)NC2NCCS2)C1=O. The first-order chi connectivity index (χ1) is 7.68. The molecule has 2 N–H and O–H groups in total. The summed E-state index contributed by atoms with van der Waals surface area (Å²) in [7, 11) is 0. The molecule has 1 heterocycles. The lowest BCUT2D eigenvalue weighted by Gasteiger charge is -2.13.